The summed E-state index contributed by atoms with van der Waals surface area (Å²) in [5.74, 6) is 1.80. The van der Waals surface area contributed by atoms with Crippen molar-refractivity contribution in [3.05, 3.63) is 121 Å². The Kier molecular flexibility index (Phi) is 5.23. The molecule has 3 fully saturated rings. The fourth-order valence-corrected chi connectivity index (χ4v) is 14.5. The van der Waals surface area contributed by atoms with Gasteiger partial charge in [-0.15, -0.1) is 0 Å². The molecule has 0 radical (unpaired) electrons. The van der Waals surface area contributed by atoms with Gasteiger partial charge in [0.2, 0.25) is 0 Å². The molecular weight excluding hydrogens is 446 g/mol. The smallest absolute Gasteiger partial charge is 0.00183 e. The maximum Gasteiger partial charge on any atom is -0.00183 e. The second-order valence-corrected chi connectivity index (χ2v) is 15.0. The summed E-state index contributed by atoms with van der Waals surface area (Å²) in [6.07, 6.45) is 4.38. The highest BCUT2D eigenvalue weighted by molar-refractivity contribution is 7.77. The lowest BCUT2D eigenvalue weighted by Gasteiger charge is -2.45. The summed E-state index contributed by atoms with van der Waals surface area (Å²) in [7, 11) is -0.809. The van der Waals surface area contributed by atoms with Crippen LogP contribution in [0.3, 0.4) is 0 Å². The molecule has 4 aromatic rings. The molecule has 3 unspecified atom stereocenters. The van der Waals surface area contributed by atoms with E-state index in [1.54, 1.807) is 21.2 Å². The molecule has 0 aromatic heterocycles. The second-order valence-electron chi connectivity index (χ2n) is 10.3. The number of hydrogen-bond acceptors (Lipinski definition) is 0. The first kappa shape index (κ1) is 21.1. The van der Waals surface area contributed by atoms with E-state index < -0.39 is 15.8 Å². The van der Waals surface area contributed by atoms with Gasteiger partial charge in [0.25, 0.3) is 0 Å². The third-order valence-electron chi connectivity index (χ3n) is 8.75. The zero-order valence-electron chi connectivity index (χ0n) is 19.4. The van der Waals surface area contributed by atoms with E-state index in [1.807, 2.05) is 0 Å². The monoisotopic (exact) mass is 476 g/mol. The van der Waals surface area contributed by atoms with Crippen LogP contribution >= 0.6 is 15.8 Å². The zero-order chi connectivity index (χ0) is 22.5. The average Bonchev–Trinajstić information content (AvgIpc) is 3.63. The van der Waals surface area contributed by atoms with Crippen LogP contribution in [-0.4, -0.2) is 11.3 Å². The molecule has 0 nitrogen and oxygen atoms in total. The highest BCUT2D eigenvalue weighted by atomic mass is 31.1. The predicted octanol–water partition coefficient (Wildman–Crippen LogP) is 6.42. The predicted molar refractivity (Wildman–Crippen MR) is 149 cm³/mol. The van der Waals surface area contributed by atoms with Gasteiger partial charge >= 0.3 is 0 Å². The molecule has 3 aliphatic carbocycles. The van der Waals surface area contributed by atoms with E-state index in [9.17, 15) is 0 Å². The van der Waals surface area contributed by atoms with Crippen molar-refractivity contribution in [1.82, 2.24) is 0 Å². The number of rotatable bonds is 6. The molecule has 168 valence electrons. The normalized spacial score (nSPS) is 28.9. The van der Waals surface area contributed by atoms with Gasteiger partial charge in [0.1, 0.15) is 0 Å². The lowest BCUT2D eigenvalue weighted by atomic mass is 9.71. The maximum absolute atomic E-state index is 2.42. The first-order valence-electron chi connectivity index (χ1n) is 12.7. The van der Waals surface area contributed by atoms with Crippen LogP contribution in [0, 0.1) is 17.3 Å². The first-order valence-corrected chi connectivity index (χ1v) is 15.5. The van der Waals surface area contributed by atoms with E-state index in [4.69, 9.17) is 0 Å². The molecule has 0 saturated heterocycles. The lowest BCUT2D eigenvalue weighted by Crippen LogP contribution is -2.41. The molecule has 5 atom stereocenters. The van der Waals surface area contributed by atoms with Gasteiger partial charge in [-0.25, -0.2) is 0 Å². The number of benzene rings is 4. The van der Waals surface area contributed by atoms with Gasteiger partial charge in [-0.05, 0) is 84.9 Å². The second kappa shape index (κ2) is 8.45. The molecule has 0 N–H and O–H groups in total. The van der Waals surface area contributed by atoms with E-state index in [0.717, 1.165) is 23.2 Å². The molecule has 0 bridgehead atoms. The van der Waals surface area contributed by atoms with Crippen LogP contribution in [0.25, 0.3) is 0 Å². The van der Waals surface area contributed by atoms with Crippen LogP contribution in [0.2, 0.25) is 0 Å². The zero-order valence-corrected chi connectivity index (χ0v) is 21.2. The van der Waals surface area contributed by atoms with Crippen LogP contribution < -0.4 is 21.2 Å². The average molecular weight is 477 g/mol. The van der Waals surface area contributed by atoms with Crippen molar-refractivity contribution < 1.29 is 0 Å². The molecule has 0 amide bonds. The quantitative estimate of drug-likeness (QED) is 0.282. The van der Waals surface area contributed by atoms with Crippen molar-refractivity contribution in [2.45, 2.75) is 30.6 Å². The van der Waals surface area contributed by atoms with Crippen LogP contribution in [0.15, 0.2) is 121 Å². The summed E-state index contributed by atoms with van der Waals surface area (Å²) in [5.41, 5.74) is 2.18. The summed E-state index contributed by atoms with van der Waals surface area (Å²) in [4.78, 5) is 0. The van der Waals surface area contributed by atoms with E-state index in [-0.39, 0.29) is 0 Å². The molecule has 3 aliphatic rings. The summed E-state index contributed by atoms with van der Waals surface area (Å²) < 4.78 is 0. The molecule has 4 aromatic carbocycles. The third kappa shape index (κ3) is 3.26. The highest BCUT2D eigenvalue weighted by Gasteiger charge is 2.76. The Labute approximate surface area is 206 Å². The summed E-state index contributed by atoms with van der Waals surface area (Å²) in [5, 5.41) is 6.27. The minimum Gasteiger partial charge on any atom is -0.0622 e. The van der Waals surface area contributed by atoms with Crippen molar-refractivity contribution in [2.75, 3.05) is 0 Å². The van der Waals surface area contributed by atoms with Crippen LogP contribution in [0.1, 0.15) is 19.3 Å². The fourth-order valence-electron chi connectivity index (χ4n) is 7.20. The van der Waals surface area contributed by atoms with Crippen LogP contribution in [0.5, 0.6) is 0 Å². The largest absolute Gasteiger partial charge is 0.0622 e. The standard InChI is InChI=1S/C32H30P2/c1-5-13-24(14-6-1)33(25-15-7-2-8-16-25)30-28-21-22-32(28)23-29(32)31(30)34(26-17-9-3-10-18-26)27-19-11-4-12-20-27/h1-20,28-31H,21-23H2/t28-,29-,30?,31?,32?/m1/s1. The van der Waals surface area contributed by atoms with Gasteiger partial charge in [0.05, 0.1) is 0 Å². The molecule has 0 aliphatic heterocycles. The van der Waals surface area contributed by atoms with Gasteiger partial charge in [-0.2, -0.15) is 0 Å². The topological polar surface area (TPSA) is 0 Å². The fraction of sp³-hybridized carbons (Fsp3) is 0.250. The maximum atomic E-state index is 2.42. The van der Waals surface area contributed by atoms with Crippen molar-refractivity contribution in [3.8, 4) is 0 Å². The van der Waals surface area contributed by atoms with E-state index in [0.29, 0.717) is 5.41 Å². The van der Waals surface area contributed by atoms with Crippen LogP contribution in [0.4, 0.5) is 0 Å². The summed E-state index contributed by atoms with van der Waals surface area (Å²) >= 11 is 0. The first-order chi connectivity index (χ1) is 16.9. The lowest BCUT2D eigenvalue weighted by molar-refractivity contribution is 0.169. The highest BCUT2D eigenvalue weighted by Crippen LogP contribution is 2.83. The Morgan fingerprint density at radius 3 is 1.15 bits per heavy atom. The summed E-state index contributed by atoms with van der Waals surface area (Å²) in [6, 6.07) is 46.1. The van der Waals surface area contributed by atoms with Gasteiger partial charge in [0, 0.05) is 0 Å². The molecule has 34 heavy (non-hydrogen) atoms. The Bertz CT molecular complexity index is 1100. The molecule has 1 spiro atoms. The van der Waals surface area contributed by atoms with Crippen molar-refractivity contribution in [3.63, 3.8) is 0 Å². The van der Waals surface area contributed by atoms with E-state index in [1.165, 1.54) is 19.3 Å². The Morgan fingerprint density at radius 1 is 0.471 bits per heavy atom. The molecule has 7 rings (SSSR count). The minimum absolute atomic E-state index is 0.404. The summed E-state index contributed by atoms with van der Waals surface area (Å²) in [6.45, 7) is 0. The van der Waals surface area contributed by atoms with Gasteiger partial charge in [0.15, 0.2) is 0 Å². The van der Waals surface area contributed by atoms with Crippen molar-refractivity contribution in [1.29, 1.82) is 0 Å². The SMILES string of the molecule is c1ccc(P(c2ccccc2)C2C(P(c3ccccc3)c3ccccc3)[C@H]3CC34CC[C@H]24)cc1. The van der Waals surface area contributed by atoms with Crippen molar-refractivity contribution >= 4 is 37.1 Å². The van der Waals surface area contributed by atoms with Gasteiger partial charge in [-0.1, -0.05) is 121 Å². The molecular formula is C32H30P2. The van der Waals surface area contributed by atoms with Gasteiger partial charge < -0.3 is 0 Å². The number of hydrogen-bond donors (Lipinski definition) is 0. The van der Waals surface area contributed by atoms with E-state index >= 15 is 0 Å². The van der Waals surface area contributed by atoms with Crippen molar-refractivity contribution in [2.24, 2.45) is 17.3 Å². The van der Waals surface area contributed by atoms with Gasteiger partial charge in [-0.3, -0.25) is 0 Å². The Balaban J connectivity index is 1.41. The molecule has 0 heterocycles. The molecule has 3 saturated carbocycles. The third-order valence-corrected chi connectivity index (χ3v) is 15.0. The Hall–Kier alpha value is -2.26. The van der Waals surface area contributed by atoms with Crippen LogP contribution in [-0.2, 0) is 0 Å². The van der Waals surface area contributed by atoms with E-state index in [2.05, 4.69) is 121 Å². The molecule has 2 heteroatoms. The minimum atomic E-state index is -0.404. The Morgan fingerprint density at radius 2 is 0.824 bits per heavy atom.